The maximum Gasteiger partial charge on any atom is 0.226 e. The Balaban J connectivity index is 2.05. The molecule has 0 bridgehead atoms. The van der Waals surface area contributed by atoms with E-state index in [4.69, 9.17) is 4.74 Å². The van der Waals surface area contributed by atoms with Crippen molar-refractivity contribution in [2.45, 2.75) is 25.7 Å². The highest BCUT2D eigenvalue weighted by Crippen LogP contribution is 2.21. The van der Waals surface area contributed by atoms with E-state index in [1.807, 2.05) is 23.1 Å². The van der Waals surface area contributed by atoms with E-state index in [-0.39, 0.29) is 5.91 Å². The van der Waals surface area contributed by atoms with Gasteiger partial charge in [-0.1, -0.05) is 18.7 Å². The summed E-state index contributed by atoms with van der Waals surface area (Å²) in [5.74, 6) is 1.02. The molecule has 3 nitrogen and oxygen atoms in total. The summed E-state index contributed by atoms with van der Waals surface area (Å²) in [5, 5.41) is 0. The number of likely N-dealkylation sites (tertiary alicyclic amines) is 1. The molecular formula is C16H21NO2. The molecule has 102 valence electrons. The number of piperidine rings is 1. The highest BCUT2D eigenvalue weighted by Gasteiger charge is 2.16. The van der Waals surface area contributed by atoms with E-state index >= 15 is 0 Å². The second-order valence-corrected chi connectivity index (χ2v) is 4.90. The first-order valence-corrected chi connectivity index (χ1v) is 6.81. The average molecular weight is 259 g/mol. The van der Waals surface area contributed by atoms with Crippen molar-refractivity contribution in [3.63, 3.8) is 0 Å². The van der Waals surface area contributed by atoms with Gasteiger partial charge >= 0.3 is 0 Å². The zero-order valence-corrected chi connectivity index (χ0v) is 11.5. The van der Waals surface area contributed by atoms with Crippen LogP contribution in [0.4, 0.5) is 0 Å². The molecule has 0 atom stereocenters. The standard InChI is InChI=1S/C16H21NO2/c1-3-14-11-13(7-8-15(14)19-2)12-16(18)17-9-5-4-6-10-17/h3,7-8,11H,1,4-6,9-10,12H2,2H3. The quantitative estimate of drug-likeness (QED) is 0.832. The van der Waals surface area contributed by atoms with Gasteiger partial charge in [0, 0.05) is 18.7 Å². The third-order valence-corrected chi connectivity index (χ3v) is 3.58. The minimum atomic E-state index is 0.222. The molecule has 0 aromatic heterocycles. The predicted octanol–water partition coefficient (Wildman–Crippen LogP) is 2.89. The van der Waals surface area contributed by atoms with Crippen LogP contribution in [0.2, 0.25) is 0 Å². The molecule has 0 radical (unpaired) electrons. The summed E-state index contributed by atoms with van der Waals surface area (Å²) in [7, 11) is 1.64. The number of ether oxygens (including phenoxy) is 1. The Morgan fingerprint density at radius 1 is 1.37 bits per heavy atom. The van der Waals surface area contributed by atoms with Gasteiger partial charge in [0.1, 0.15) is 5.75 Å². The molecule has 0 aliphatic carbocycles. The summed E-state index contributed by atoms with van der Waals surface area (Å²) in [6.45, 7) is 5.59. The zero-order chi connectivity index (χ0) is 13.7. The fourth-order valence-corrected chi connectivity index (χ4v) is 2.48. The highest BCUT2D eigenvalue weighted by molar-refractivity contribution is 5.79. The second kappa shape index (κ2) is 6.41. The van der Waals surface area contributed by atoms with E-state index in [9.17, 15) is 4.79 Å². The zero-order valence-electron chi connectivity index (χ0n) is 11.5. The van der Waals surface area contributed by atoms with Crippen LogP contribution in [-0.4, -0.2) is 31.0 Å². The molecule has 3 heteroatoms. The molecule has 19 heavy (non-hydrogen) atoms. The molecule has 1 aliphatic rings. The molecule has 1 amide bonds. The lowest BCUT2D eigenvalue weighted by molar-refractivity contribution is -0.131. The molecule has 1 fully saturated rings. The molecule has 1 aromatic carbocycles. The van der Waals surface area contributed by atoms with Gasteiger partial charge in [-0.15, -0.1) is 0 Å². The van der Waals surface area contributed by atoms with Crippen molar-refractivity contribution in [1.82, 2.24) is 4.90 Å². The maximum atomic E-state index is 12.2. The monoisotopic (exact) mass is 259 g/mol. The Bertz CT molecular complexity index is 462. The molecular weight excluding hydrogens is 238 g/mol. The number of nitrogens with zero attached hydrogens (tertiary/aromatic N) is 1. The van der Waals surface area contributed by atoms with Crippen molar-refractivity contribution in [3.8, 4) is 5.75 Å². The molecule has 0 N–H and O–H groups in total. The number of methoxy groups -OCH3 is 1. The fourth-order valence-electron chi connectivity index (χ4n) is 2.48. The van der Waals surface area contributed by atoms with Gasteiger partial charge in [-0.25, -0.2) is 0 Å². The van der Waals surface area contributed by atoms with Crippen molar-refractivity contribution in [2.24, 2.45) is 0 Å². The van der Waals surface area contributed by atoms with Crippen LogP contribution in [-0.2, 0) is 11.2 Å². The largest absolute Gasteiger partial charge is 0.496 e. The molecule has 0 unspecified atom stereocenters. The number of amides is 1. The fraction of sp³-hybridized carbons (Fsp3) is 0.438. The van der Waals surface area contributed by atoms with Gasteiger partial charge in [-0.3, -0.25) is 4.79 Å². The Kier molecular flexibility index (Phi) is 4.61. The van der Waals surface area contributed by atoms with Gasteiger partial charge in [0.05, 0.1) is 13.5 Å². The van der Waals surface area contributed by atoms with Crippen LogP contribution in [0.15, 0.2) is 24.8 Å². The van der Waals surface area contributed by atoms with E-state index in [1.165, 1.54) is 6.42 Å². The Hall–Kier alpha value is -1.77. The molecule has 1 saturated heterocycles. The smallest absolute Gasteiger partial charge is 0.226 e. The number of rotatable bonds is 4. The maximum absolute atomic E-state index is 12.2. The Morgan fingerprint density at radius 2 is 2.11 bits per heavy atom. The first-order chi connectivity index (χ1) is 9.24. The number of hydrogen-bond acceptors (Lipinski definition) is 2. The number of benzene rings is 1. The summed E-state index contributed by atoms with van der Waals surface area (Å²) in [4.78, 5) is 14.2. The van der Waals surface area contributed by atoms with Crippen LogP contribution >= 0.6 is 0 Å². The van der Waals surface area contributed by atoms with Gasteiger partial charge in [-0.2, -0.15) is 0 Å². The van der Waals surface area contributed by atoms with Gasteiger partial charge < -0.3 is 9.64 Å². The van der Waals surface area contributed by atoms with Crippen molar-refractivity contribution in [2.75, 3.05) is 20.2 Å². The summed E-state index contributed by atoms with van der Waals surface area (Å²) in [5.41, 5.74) is 1.96. The van der Waals surface area contributed by atoms with Crippen LogP contribution in [0.5, 0.6) is 5.75 Å². The lowest BCUT2D eigenvalue weighted by Crippen LogP contribution is -2.36. The SMILES string of the molecule is C=Cc1cc(CC(=O)N2CCCCC2)ccc1OC. The molecule has 1 aromatic rings. The molecule has 2 rings (SSSR count). The van der Waals surface area contributed by atoms with Gasteiger partial charge in [0.15, 0.2) is 0 Å². The highest BCUT2D eigenvalue weighted by atomic mass is 16.5. The molecule has 1 heterocycles. The minimum Gasteiger partial charge on any atom is -0.496 e. The summed E-state index contributed by atoms with van der Waals surface area (Å²) in [6, 6.07) is 5.83. The average Bonchev–Trinajstić information content (AvgIpc) is 2.48. The molecule has 0 spiro atoms. The van der Waals surface area contributed by atoms with E-state index in [2.05, 4.69) is 6.58 Å². The third-order valence-electron chi connectivity index (χ3n) is 3.58. The van der Waals surface area contributed by atoms with Gasteiger partial charge in [-0.05, 0) is 37.0 Å². The first-order valence-electron chi connectivity index (χ1n) is 6.81. The third kappa shape index (κ3) is 3.37. The summed E-state index contributed by atoms with van der Waals surface area (Å²) in [6.07, 6.45) is 5.73. The van der Waals surface area contributed by atoms with E-state index < -0.39 is 0 Å². The van der Waals surface area contributed by atoms with Crippen molar-refractivity contribution in [1.29, 1.82) is 0 Å². The van der Waals surface area contributed by atoms with E-state index in [1.54, 1.807) is 13.2 Å². The van der Waals surface area contributed by atoms with Gasteiger partial charge in [0.2, 0.25) is 5.91 Å². The van der Waals surface area contributed by atoms with Crippen LogP contribution in [0.25, 0.3) is 6.08 Å². The van der Waals surface area contributed by atoms with E-state index in [0.717, 1.165) is 42.8 Å². The van der Waals surface area contributed by atoms with Crippen LogP contribution in [0, 0.1) is 0 Å². The number of carbonyl (C=O) groups is 1. The minimum absolute atomic E-state index is 0.222. The van der Waals surface area contributed by atoms with Crippen LogP contribution in [0.1, 0.15) is 30.4 Å². The summed E-state index contributed by atoms with van der Waals surface area (Å²) >= 11 is 0. The van der Waals surface area contributed by atoms with Crippen molar-refractivity contribution >= 4 is 12.0 Å². The normalized spacial score (nSPS) is 15.1. The lowest BCUT2D eigenvalue weighted by Gasteiger charge is -2.26. The first kappa shape index (κ1) is 13.7. The molecule has 1 aliphatic heterocycles. The number of hydrogen-bond donors (Lipinski definition) is 0. The van der Waals surface area contributed by atoms with Crippen molar-refractivity contribution in [3.05, 3.63) is 35.9 Å². The lowest BCUT2D eigenvalue weighted by atomic mass is 10.0. The van der Waals surface area contributed by atoms with Crippen LogP contribution < -0.4 is 4.74 Å². The van der Waals surface area contributed by atoms with Gasteiger partial charge in [0.25, 0.3) is 0 Å². The molecule has 0 saturated carbocycles. The van der Waals surface area contributed by atoms with Crippen LogP contribution in [0.3, 0.4) is 0 Å². The Morgan fingerprint density at radius 3 is 2.74 bits per heavy atom. The topological polar surface area (TPSA) is 29.5 Å². The predicted molar refractivity (Wildman–Crippen MR) is 77.2 cm³/mol. The van der Waals surface area contributed by atoms with Crippen molar-refractivity contribution < 1.29 is 9.53 Å². The van der Waals surface area contributed by atoms with E-state index in [0.29, 0.717) is 6.42 Å². The summed E-state index contributed by atoms with van der Waals surface area (Å²) < 4.78 is 5.25. The Labute approximate surface area is 114 Å². The second-order valence-electron chi connectivity index (χ2n) is 4.90. The number of carbonyl (C=O) groups excluding carboxylic acids is 1.